The lowest BCUT2D eigenvalue weighted by atomic mass is 10.0. The second kappa shape index (κ2) is 9.96. The van der Waals surface area contributed by atoms with E-state index in [2.05, 4.69) is 0 Å². The molecule has 0 bridgehead atoms. The van der Waals surface area contributed by atoms with Crippen LogP contribution < -0.4 is 4.74 Å². The zero-order valence-electron chi connectivity index (χ0n) is 17.9. The number of rotatable bonds is 7. The van der Waals surface area contributed by atoms with Crippen LogP contribution in [-0.2, 0) is 11.2 Å². The number of fused-ring (bicyclic) bond motifs is 1. The van der Waals surface area contributed by atoms with E-state index in [0.717, 1.165) is 12.0 Å². The molecule has 0 unspecified atom stereocenters. The minimum absolute atomic E-state index is 0.000162. The first-order chi connectivity index (χ1) is 15.6. The summed E-state index contributed by atoms with van der Waals surface area (Å²) in [6, 6.07) is 16.7. The maximum atomic E-state index is 13.5. The van der Waals surface area contributed by atoms with Crippen LogP contribution in [0.4, 0.5) is 4.39 Å². The molecular formula is C25H25FN2O3S. The van der Waals surface area contributed by atoms with Crippen LogP contribution in [0.15, 0.2) is 66.0 Å². The lowest BCUT2D eigenvalue weighted by Gasteiger charge is -2.37. The molecule has 1 aromatic heterocycles. The molecule has 0 saturated heterocycles. The maximum absolute atomic E-state index is 13.5. The molecule has 0 aliphatic carbocycles. The highest BCUT2D eigenvalue weighted by Crippen LogP contribution is 2.34. The molecule has 3 aromatic rings. The highest BCUT2D eigenvalue weighted by molar-refractivity contribution is 7.10. The fourth-order valence-corrected chi connectivity index (χ4v) is 4.88. The van der Waals surface area contributed by atoms with Crippen molar-refractivity contribution in [3.8, 4) is 5.75 Å². The van der Waals surface area contributed by atoms with E-state index in [1.807, 2.05) is 36.6 Å². The summed E-state index contributed by atoms with van der Waals surface area (Å²) in [6.07, 6.45) is 0.772. The first kappa shape index (κ1) is 22.0. The van der Waals surface area contributed by atoms with Gasteiger partial charge in [0.25, 0.3) is 5.91 Å². The number of carbonyl (C=O) groups excluding carboxylic acids is 2. The maximum Gasteiger partial charge on any atom is 0.254 e. The van der Waals surface area contributed by atoms with E-state index >= 15 is 0 Å². The summed E-state index contributed by atoms with van der Waals surface area (Å²) in [5.41, 5.74) is 1.62. The van der Waals surface area contributed by atoms with E-state index in [4.69, 9.17) is 4.74 Å². The molecule has 7 heteroatoms. The van der Waals surface area contributed by atoms with Gasteiger partial charge in [-0.3, -0.25) is 9.59 Å². The summed E-state index contributed by atoms with van der Waals surface area (Å²) in [7, 11) is 0. The first-order valence-electron chi connectivity index (χ1n) is 10.6. The molecule has 0 fully saturated rings. The van der Waals surface area contributed by atoms with E-state index in [-0.39, 0.29) is 36.8 Å². The van der Waals surface area contributed by atoms with Crippen LogP contribution in [-0.4, -0.2) is 47.9 Å². The Morgan fingerprint density at radius 1 is 1.16 bits per heavy atom. The number of hydrogen-bond donors (Lipinski definition) is 0. The fourth-order valence-electron chi connectivity index (χ4n) is 3.95. The molecule has 32 heavy (non-hydrogen) atoms. The Bertz CT molecular complexity index is 1090. The van der Waals surface area contributed by atoms with Crippen molar-refractivity contribution >= 4 is 23.2 Å². The van der Waals surface area contributed by atoms with E-state index in [1.54, 1.807) is 45.4 Å². The summed E-state index contributed by atoms with van der Waals surface area (Å²) < 4.78 is 19.4. The Morgan fingerprint density at radius 3 is 2.72 bits per heavy atom. The van der Waals surface area contributed by atoms with Crippen LogP contribution in [0.3, 0.4) is 0 Å². The molecule has 4 rings (SSSR count). The summed E-state index contributed by atoms with van der Waals surface area (Å²) in [5, 5.41) is 2.02. The molecule has 2 amide bonds. The average molecular weight is 453 g/mol. The first-order valence-corrected chi connectivity index (χ1v) is 11.5. The minimum Gasteiger partial charge on any atom is -0.491 e. The molecule has 0 N–H and O–H groups in total. The highest BCUT2D eigenvalue weighted by Gasteiger charge is 2.33. The number of likely N-dealkylation sites (N-methyl/N-ethyl adjacent to an activating group) is 1. The summed E-state index contributed by atoms with van der Waals surface area (Å²) in [6.45, 7) is 3.08. The molecule has 166 valence electrons. The molecular weight excluding hydrogens is 427 g/mol. The third-order valence-corrected chi connectivity index (χ3v) is 6.63. The van der Waals surface area contributed by atoms with Gasteiger partial charge in [0.15, 0.2) is 0 Å². The number of carbonyl (C=O) groups is 2. The Labute approximate surface area is 191 Å². The molecule has 1 aliphatic rings. The average Bonchev–Trinajstić information content (AvgIpc) is 3.30. The van der Waals surface area contributed by atoms with Crippen molar-refractivity contribution in [3.05, 3.63) is 87.9 Å². The van der Waals surface area contributed by atoms with Crippen molar-refractivity contribution in [2.75, 3.05) is 26.2 Å². The predicted octanol–water partition coefficient (Wildman–Crippen LogP) is 4.55. The SMILES string of the molecule is CCN(CC(=O)N1CCc2sccc2[C@@H]1COc1cccc(F)c1)C(=O)c1ccccc1. The zero-order chi connectivity index (χ0) is 22.5. The molecule has 1 aliphatic heterocycles. The van der Waals surface area contributed by atoms with Crippen molar-refractivity contribution in [2.24, 2.45) is 0 Å². The highest BCUT2D eigenvalue weighted by atomic mass is 32.1. The van der Waals surface area contributed by atoms with E-state index in [9.17, 15) is 14.0 Å². The van der Waals surface area contributed by atoms with Gasteiger partial charge in [0.2, 0.25) is 5.91 Å². The van der Waals surface area contributed by atoms with Crippen molar-refractivity contribution < 1.29 is 18.7 Å². The van der Waals surface area contributed by atoms with Crippen molar-refractivity contribution in [1.82, 2.24) is 9.80 Å². The van der Waals surface area contributed by atoms with Crippen LogP contribution in [0.5, 0.6) is 5.75 Å². The lowest BCUT2D eigenvalue weighted by Crippen LogP contribution is -2.47. The van der Waals surface area contributed by atoms with Gasteiger partial charge in [-0.25, -0.2) is 4.39 Å². The van der Waals surface area contributed by atoms with Gasteiger partial charge >= 0.3 is 0 Å². The van der Waals surface area contributed by atoms with Crippen LogP contribution in [0.25, 0.3) is 0 Å². The van der Waals surface area contributed by atoms with E-state index < -0.39 is 0 Å². The number of amides is 2. The normalized spacial score (nSPS) is 15.2. The zero-order valence-corrected chi connectivity index (χ0v) is 18.7. The van der Waals surface area contributed by atoms with Crippen molar-refractivity contribution in [1.29, 1.82) is 0 Å². The summed E-state index contributed by atoms with van der Waals surface area (Å²) in [4.78, 5) is 30.8. The third kappa shape index (κ3) is 4.83. The van der Waals surface area contributed by atoms with Gasteiger partial charge in [-0.1, -0.05) is 24.3 Å². The van der Waals surface area contributed by atoms with Crippen LogP contribution in [0, 0.1) is 5.82 Å². The van der Waals surface area contributed by atoms with Gasteiger partial charge in [-0.05, 0) is 54.6 Å². The fraction of sp³-hybridized carbons (Fsp3) is 0.280. The largest absolute Gasteiger partial charge is 0.491 e. The summed E-state index contributed by atoms with van der Waals surface area (Å²) in [5.74, 6) is -0.231. The number of hydrogen-bond acceptors (Lipinski definition) is 4. The van der Waals surface area contributed by atoms with Crippen molar-refractivity contribution in [2.45, 2.75) is 19.4 Å². The molecule has 1 atom stereocenters. The Hall–Kier alpha value is -3.19. The van der Waals surface area contributed by atoms with Gasteiger partial charge in [0.05, 0.1) is 6.04 Å². The lowest BCUT2D eigenvalue weighted by molar-refractivity contribution is -0.135. The topological polar surface area (TPSA) is 49.9 Å². The molecule has 0 saturated carbocycles. The minimum atomic E-state index is -0.367. The summed E-state index contributed by atoms with van der Waals surface area (Å²) >= 11 is 1.67. The Kier molecular flexibility index (Phi) is 6.85. The molecule has 0 radical (unpaired) electrons. The van der Waals surface area contributed by atoms with Gasteiger partial charge in [-0.15, -0.1) is 11.3 Å². The second-order valence-electron chi connectivity index (χ2n) is 7.61. The van der Waals surface area contributed by atoms with Gasteiger partial charge in [0.1, 0.15) is 24.7 Å². The van der Waals surface area contributed by atoms with Crippen molar-refractivity contribution in [3.63, 3.8) is 0 Å². The van der Waals surface area contributed by atoms with Gasteiger partial charge in [0, 0.05) is 29.6 Å². The van der Waals surface area contributed by atoms with Crippen LogP contribution in [0.2, 0.25) is 0 Å². The number of benzene rings is 2. The molecule has 5 nitrogen and oxygen atoms in total. The molecule has 2 aromatic carbocycles. The second-order valence-corrected chi connectivity index (χ2v) is 8.61. The Balaban J connectivity index is 1.50. The smallest absolute Gasteiger partial charge is 0.254 e. The molecule has 0 spiro atoms. The van der Waals surface area contributed by atoms with Crippen LogP contribution >= 0.6 is 11.3 Å². The number of ether oxygens (including phenoxy) is 1. The molecule has 2 heterocycles. The van der Waals surface area contributed by atoms with Gasteiger partial charge in [-0.2, -0.15) is 0 Å². The third-order valence-electron chi connectivity index (χ3n) is 5.63. The standard InChI is InChI=1S/C25H25FN2O3S/c1-2-27(25(30)18-7-4-3-5-8-18)16-24(29)28-13-11-23-21(12-14-32-23)22(28)17-31-20-10-6-9-19(26)15-20/h3-10,12,14-15,22H,2,11,13,16-17H2,1H3/t22-/m0/s1. The Morgan fingerprint density at radius 2 is 1.97 bits per heavy atom. The number of halogens is 1. The van der Waals surface area contributed by atoms with E-state index in [0.29, 0.717) is 24.4 Å². The number of nitrogens with zero attached hydrogens (tertiary/aromatic N) is 2. The van der Waals surface area contributed by atoms with Crippen LogP contribution in [0.1, 0.15) is 33.8 Å². The quantitative estimate of drug-likeness (QED) is 0.528. The predicted molar refractivity (Wildman–Crippen MR) is 122 cm³/mol. The monoisotopic (exact) mass is 452 g/mol. The van der Waals surface area contributed by atoms with Gasteiger partial charge < -0.3 is 14.5 Å². The number of thiophene rings is 1. The van der Waals surface area contributed by atoms with E-state index in [1.165, 1.54) is 17.0 Å².